The van der Waals surface area contributed by atoms with Gasteiger partial charge < -0.3 is 9.84 Å². The zero-order valence-corrected chi connectivity index (χ0v) is 11.7. The number of allylic oxidation sites excluding steroid dienone is 4. The molecule has 20 heavy (non-hydrogen) atoms. The van der Waals surface area contributed by atoms with Crippen LogP contribution >= 0.6 is 0 Å². The second kappa shape index (κ2) is 5.50. The monoisotopic (exact) mass is 294 g/mol. The first kappa shape index (κ1) is 14.3. The van der Waals surface area contributed by atoms with Crippen molar-refractivity contribution in [2.24, 2.45) is 0 Å². The lowest BCUT2D eigenvalue weighted by atomic mass is 10.2. The van der Waals surface area contributed by atoms with Gasteiger partial charge in [0.05, 0.1) is 10.7 Å². The van der Waals surface area contributed by atoms with E-state index >= 15 is 0 Å². The summed E-state index contributed by atoms with van der Waals surface area (Å²) < 4.78 is 29.5. The fourth-order valence-electron chi connectivity index (χ4n) is 1.84. The van der Waals surface area contributed by atoms with Gasteiger partial charge in [-0.2, -0.15) is 0 Å². The Bertz CT molecular complexity index is 681. The first-order valence-corrected chi connectivity index (χ1v) is 7.50. The summed E-state index contributed by atoms with van der Waals surface area (Å²) in [5, 5.41) is 9.26. The molecule has 1 N–H and O–H groups in total. The fourth-order valence-corrected chi connectivity index (χ4v) is 3.25. The predicted octanol–water partition coefficient (Wildman–Crippen LogP) is 2.51. The molecule has 0 aromatic heterocycles. The predicted molar refractivity (Wildman–Crippen MR) is 73.0 cm³/mol. The molecule has 0 fully saturated rings. The van der Waals surface area contributed by atoms with Gasteiger partial charge in [-0.3, -0.25) is 4.79 Å². The zero-order valence-electron chi connectivity index (χ0n) is 10.9. The van der Waals surface area contributed by atoms with Crippen LogP contribution in [0.15, 0.2) is 52.0 Å². The minimum absolute atomic E-state index is 0.134. The van der Waals surface area contributed by atoms with Crippen LogP contribution in [0.5, 0.6) is 5.75 Å². The lowest BCUT2D eigenvalue weighted by Crippen LogP contribution is -2.08. The molecule has 1 aromatic rings. The highest BCUT2D eigenvalue weighted by atomic mass is 32.2. The van der Waals surface area contributed by atoms with Crippen molar-refractivity contribution in [2.45, 2.75) is 24.7 Å². The van der Waals surface area contributed by atoms with E-state index in [1.807, 2.05) is 0 Å². The van der Waals surface area contributed by atoms with Gasteiger partial charge in [0.25, 0.3) is 0 Å². The summed E-state index contributed by atoms with van der Waals surface area (Å²) in [6, 6.07) is 5.66. The highest BCUT2D eigenvalue weighted by Crippen LogP contribution is 2.28. The average Bonchev–Trinajstić information content (AvgIpc) is 2.39. The van der Waals surface area contributed by atoms with Gasteiger partial charge in [0.1, 0.15) is 5.75 Å². The smallest absolute Gasteiger partial charge is 0.308 e. The van der Waals surface area contributed by atoms with Gasteiger partial charge in [0, 0.05) is 18.2 Å². The number of hydrogen-bond acceptors (Lipinski definition) is 5. The topological polar surface area (TPSA) is 80.7 Å². The van der Waals surface area contributed by atoms with E-state index in [0.29, 0.717) is 12.2 Å². The van der Waals surface area contributed by atoms with Crippen LogP contribution in [0.25, 0.3) is 0 Å². The van der Waals surface area contributed by atoms with Crippen LogP contribution in [-0.2, 0) is 14.6 Å². The molecule has 0 saturated heterocycles. The second-order valence-corrected chi connectivity index (χ2v) is 6.36. The van der Waals surface area contributed by atoms with Gasteiger partial charge in [-0.25, -0.2) is 8.42 Å². The maximum Gasteiger partial charge on any atom is 0.308 e. The highest BCUT2D eigenvalue weighted by Gasteiger charge is 2.22. The Morgan fingerprint density at radius 2 is 1.80 bits per heavy atom. The lowest BCUT2D eigenvalue weighted by Gasteiger charge is -2.12. The first-order valence-electron chi connectivity index (χ1n) is 6.02. The Balaban J connectivity index is 2.29. The summed E-state index contributed by atoms with van der Waals surface area (Å²) >= 11 is 0. The molecule has 5 nitrogen and oxygen atoms in total. The van der Waals surface area contributed by atoms with Gasteiger partial charge in [0.15, 0.2) is 0 Å². The molecule has 0 heterocycles. The number of sulfone groups is 1. The fraction of sp³-hybridized carbons (Fsp3) is 0.214. The van der Waals surface area contributed by atoms with Crippen LogP contribution < -0.4 is 4.74 Å². The van der Waals surface area contributed by atoms with Crippen LogP contribution in [-0.4, -0.2) is 19.5 Å². The number of carbonyl (C=O) groups is 1. The Morgan fingerprint density at radius 3 is 2.30 bits per heavy atom. The number of esters is 1. The zero-order chi connectivity index (χ0) is 14.8. The summed E-state index contributed by atoms with van der Waals surface area (Å²) in [4.78, 5) is 11.2. The molecular weight excluding hydrogens is 280 g/mol. The molecule has 0 unspecified atom stereocenters. The standard InChI is InChI=1S/C14H14O5S/c1-10(15)19-12-4-8-14(9-5-12)20(17,18)13-6-2-11(16)3-7-13/h2,4-6,8-9,16H,3,7H2,1H3. The third-order valence-electron chi connectivity index (χ3n) is 2.83. The number of aliphatic hydroxyl groups excluding tert-OH is 1. The lowest BCUT2D eigenvalue weighted by molar-refractivity contribution is -0.131. The van der Waals surface area contributed by atoms with E-state index in [1.165, 1.54) is 43.3 Å². The van der Waals surface area contributed by atoms with Gasteiger partial charge in [-0.1, -0.05) is 0 Å². The number of hydrogen-bond donors (Lipinski definition) is 1. The van der Waals surface area contributed by atoms with Crippen molar-refractivity contribution in [2.75, 3.05) is 0 Å². The van der Waals surface area contributed by atoms with Crippen LogP contribution in [0.3, 0.4) is 0 Å². The third kappa shape index (κ3) is 3.08. The number of aliphatic hydroxyl groups is 1. The van der Waals surface area contributed by atoms with Gasteiger partial charge >= 0.3 is 5.97 Å². The van der Waals surface area contributed by atoms with Gasteiger partial charge in [0.2, 0.25) is 9.84 Å². The molecule has 0 atom stereocenters. The summed E-state index contributed by atoms with van der Waals surface area (Å²) in [6.07, 6.45) is 3.39. The van der Waals surface area contributed by atoms with Crippen molar-refractivity contribution in [3.05, 3.63) is 47.1 Å². The molecule has 6 heteroatoms. The summed E-state index contributed by atoms with van der Waals surface area (Å²) in [7, 11) is -3.57. The maximum absolute atomic E-state index is 12.3. The Labute approximate surface area is 117 Å². The van der Waals surface area contributed by atoms with Crippen molar-refractivity contribution >= 4 is 15.8 Å². The molecule has 0 spiro atoms. The molecule has 106 valence electrons. The highest BCUT2D eigenvalue weighted by molar-refractivity contribution is 7.95. The summed E-state index contributed by atoms with van der Waals surface area (Å²) in [5.74, 6) is 0.0111. The first-order chi connectivity index (χ1) is 9.39. The van der Waals surface area contributed by atoms with E-state index in [4.69, 9.17) is 4.74 Å². The van der Waals surface area contributed by atoms with Crippen LogP contribution in [0.4, 0.5) is 0 Å². The molecule has 0 radical (unpaired) electrons. The number of ether oxygens (including phenoxy) is 1. The van der Waals surface area contributed by atoms with Crippen molar-refractivity contribution in [1.82, 2.24) is 0 Å². The maximum atomic E-state index is 12.3. The molecule has 0 amide bonds. The second-order valence-electron chi connectivity index (χ2n) is 4.36. The number of benzene rings is 1. The van der Waals surface area contributed by atoms with E-state index in [0.717, 1.165) is 0 Å². The van der Waals surface area contributed by atoms with Gasteiger partial charge in [-0.15, -0.1) is 0 Å². The molecule has 0 aliphatic heterocycles. The largest absolute Gasteiger partial charge is 0.512 e. The van der Waals surface area contributed by atoms with Crippen LogP contribution in [0, 0.1) is 0 Å². The van der Waals surface area contributed by atoms with Crippen molar-refractivity contribution in [1.29, 1.82) is 0 Å². The van der Waals surface area contributed by atoms with E-state index in [9.17, 15) is 18.3 Å². The number of carbonyl (C=O) groups excluding carboxylic acids is 1. The number of rotatable bonds is 3. The summed E-state index contributed by atoms with van der Waals surface area (Å²) in [6.45, 7) is 1.27. The molecule has 0 bridgehead atoms. The quantitative estimate of drug-likeness (QED) is 0.684. The minimum Gasteiger partial charge on any atom is -0.512 e. The Morgan fingerprint density at radius 1 is 1.15 bits per heavy atom. The molecule has 1 aromatic carbocycles. The molecule has 1 aliphatic carbocycles. The van der Waals surface area contributed by atoms with E-state index in [2.05, 4.69) is 0 Å². The molecule has 1 aliphatic rings. The Kier molecular flexibility index (Phi) is 3.94. The third-order valence-corrected chi connectivity index (χ3v) is 4.75. The van der Waals surface area contributed by atoms with E-state index in [-0.39, 0.29) is 22.0 Å². The summed E-state index contributed by atoms with van der Waals surface area (Å²) in [5.41, 5.74) is 0. The Hall–Kier alpha value is -2.08. The van der Waals surface area contributed by atoms with Crippen LogP contribution in [0.1, 0.15) is 19.8 Å². The van der Waals surface area contributed by atoms with Gasteiger partial charge in [-0.05, 0) is 42.8 Å². The van der Waals surface area contributed by atoms with E-state index in [1.54, 1.807) is 0 Å². The normalized spacial score (nSPS) is 15.2. The van der Waals surface area contributed by atoms with Crippen molar-refractivity contribution in [3.63, 3.8) is 0 Å². The van der Waals surface area contributed by atoms with Crippen molar-refractivity contribution in [3.8, 4) is 5.75 Å². The average molecular weight is 294 g/mol. The van der Waals surface area contributed by atoms with E-state index < -0.39 is 15.8 Å². The molecule has 2 rings (SSSR count). The minimum atomic E-state index is -3.57. The van der Waals surface area contributed by atoms with Crippen LogP contribution in [0.2, 0.25) is 0 Å². The molecular formula is C14H14O5S. The molecule has 0 saturated carbocycles. The van der Waals surface area contributed by atoms with Crippen molar-refractivity contribution < 1.29 is 23.1 Å². The SMILES string of the molecule is CC(=O)Oc1ccc(S(=O)(=O)C2=CC=C(O)CC2)cc1.